The third kappa shape index (κ3) is 7.54. The van der Waals surface area contributed by atoms with Crippen molar-refractivity contribution in [3.8, 4) is 11.3 Å². The minimum atomic E-state index is -0.733. The summed E-state index contributed by atoms with van der Waals surface area (Å²) in [4.78, 5) is 30.3. The van der Waals surface area contributed by atoms with Crippen LogP contribution in [0.2, 0.25) is 0 Å². The largest absolute Gasteiger partial charge is 0.444 e. The quantitative estimate of drug-likeness (QED) is 0.643. The Hall–Kier alpha value is -2.97. The lowest BCUT2D eigenvalue weighted by Crippen LogP contribution is -2.43. The first kappa shape index (κ1) is 24.7. The van der Waals surface area contributed by atoms with E-state index in [0.29, 0.717) is 31.4 Å². The summed E-state index contributed by atoms with van der Waals surface area (Å²) in [5.74, 6) is -0.727. The second-order valence-corrected chi connectivity index (χ2v) is 9.32. The highest BCUT2D eigenvalue weighted by Gasteiger charge is 2.27. The number of likely N-dealkylation sites (tertiary alicyclic amines) is 1. The summed E-state index contributed by atoms with van der Waals surface area (Å²) in [6.45, 7) is 7.39. The van der Waals surface area contributed by atoms with Crippen LogP contribution in [0.3, 0.4) is 0 Å². The highest BCUT2D eigenvalue weighted by molar-refractivity contribution is 5.76. The van der Waals surface area contributed by atoms with E-state index in [-0.39, 0.29) is 36.2 Å². The van der Waals surface area contributed by atoms with Gasteiger partial charge in [-0.1, -0.05) is 0 Å². The Morgan fingerprint density at radius 3 is 2.82 bits per heavy atom. The molecule has 1 unspecified atom stereocenters. The number of oxazole rings is 1. The first-order chi connectivity index (χ1) is 15.6. The number of halogens is 2. The molecule has 0 saturated carbocycles. The van der Waals surface area contributed by atoms with Gasteiger partial charge in [-0.05, 0) is 58.1 Å². The zero-order chi connectivity index (χ0) is 24.0. The van der Waals surface area contributed by atoms with Crippen LogP contribution in [-0.2, 0) is 16.0 Å². The molecule has 0 aliphatic carbocycles. The molecular formula is C24H31F2N3O4. The summed E-state index contributed by atoms with van der Waals surface area (Å²) in [6, 6.07) is 3.22. The monoisotopic (exact) mass is 463 g/mol. The van der Waals surface area contributed by atoms with Gasteiger partial charge in [-0.3, -0.25) is 4.79 Å². The van der Waals surface area contributed by atoms with E-state index < -0.39 is 17.2 Å². The number of carbonyl (C=O) groups is 2. The van der Waals surface area contributed by atoms with Gasteiger partial charge >= 0.3 is 6.09 Å². The predicted molar refractivity (Wildman–Crippen MR) is 118 cm³/mol. The van der Waals surface area contributed by atoms with Gasteiger partial charge in [0.1, 0.15) is 17.2 Å². The Balaban J connectivity index is 1.39. The summed E-state index contributed by atoms with van der Waals surface area (Å²) >= 11 is 0. The topological polar surface area (TPSA) is 84.7 Å². The lowest BCUT2D eigenvalue weighted by molar-refractivity contribution is -0.121. The average Bonchev–Trinajstić information content (AvgIpc) is 3.20. The van der Waals surface area contributed by atoms with E-state index in [1.165, 1.54) is 12.3 Å². The van der Waals surface area contributed by atoms with Crippen molar-refractivity contribution in [3.63, 3.8) is 0 Å². The molecule has 1 saturated heterocycles. The summed E-state index contributed by atoms with van der Waals surface area (Å²) < 4.78 is 37.9. The molecule has 180 valence electrons. The first-order valence-electron chi connectivity index (χ1n) is 11.3. The maximum Gasteiger partial charge on any atom is 0.410 e. The fraction of sp³-hybridized carbons (Fsp3) is 0.542. The zero-order valence-corrected chi connectivity index (χ0v) is 19.3. The van der Waals surface area contributed by atoms with Crippen molar-refractivity contribution in [3.05, 3.63) is 41.9 Å². The number of nitrogens with zero attached hydrogens (tertiary/aromatic N) is 2. The SMILES string of the molecule is CC(C)(C)OC(=O)N1CCCC(CCNC(=O)CCc2ncc(-c3ccc(F)cc3F)o2)C1. The summed E-state index contributed by atoms with van der Waals surface area (Å²) in [7, 11) is 0. The fourth-order valence-corrected chi connectivity index (χ4v) is 3.76. The second kappa shape index (κ2) is 10.8. The van der Waals surface area contributed by atoms with Crippen molar-refractivity contribution in [2.24, 2.45) is 5.92 Å². The molecule has 33 heavy (non-hydrogen) atoms. The fourth-order valence-electron chi connectivity index (χ4n) is 3.76. The molecule has 1 aliphatic rings. The van der Waals surface area contributed by atoms with Gasteiger partial charge < -0.3 is 19.4 Å². The van der Waals surface area contributed by atoms with E-state index in [0.717, 1.165) is 31.4 Å². The number of carbonyl (C=O) groups excluding carboxylic acids is 2. The minimum absolute atomic E-state index is 0.118. The molecule has 1 aromatic heterocycles. The van der Waals surface area contributed by atoms with Crippen molar-refractivity contribution in [2.45, 2.75) is 58.5 Å². The number of rotatable bonds is 7. The molecule has 2 heterocycles. The number of piperidine rings is 1. The normalized spacial score (nSPS) is 16.5. The van der Waals surface area contributed by atoms with E-state index in [4.69, 9.17) is 9.15 Å². The molecule has 1 aliphatic heterocycles. The lowest BCUT2D eigenvalue weighted by Gasteiger charge is -2.34. The van der Waals surface area contributed by atoms with Gasteiger partial charge in [0.25, 0.3) is 0 Å². The Morgan fingerprint density at radius 1 is 1.30 bits per heavy atom. The molecule has 1 atom stereocenters. The molecule has 0 spiro atoms. The Bertz CT molecular complexity index is 971. The maximum atomic E-state index is 13.9. The van der Waals surface area contributed by atoms with Crippen molar-refractivity contribution < 1.29 is 27.5 Å². The van der Waals surface area contributed by atoms with E-state index in [1.807, 2.05) is 20.8 Å². The Labute approximate surface area is 192 Å². The number of hydrogen-bond donors (Lipinski definition) is 1. The number of nitrogens with one attached hydrogen (secondary N) is 1. The standard InChI is InChI=1S/C24H31F2N3O4/c1-24(2,3)33-23(31)29-12-4-5-16(15-29)10-11-27-21(30)8-9-22-28-14-20(32-22)18-7-6-17(25)13-19(18)26/h6-7,13-14,16H,4-5,8-12,15H2,1-3H3,(H,27,30). The van der Waals surface area contributed by atoms with Gasteiger partial charge in [0.2, 0.25) is 5.91 Å². The molecule has 0 radical (unpaired) electrons. The van der Waals surface area contributed by atoms with Crippen LogP contribution < -0.4 is 5.32 Å². The molecule has 2 amide bonds. The van der Waals surface area contributed by atoms with Crippen LogP contribution in [0.25, 0.3) is 11.3 Å². The van der Waals surface area contributed by atoms with Crippen LogP contribution in [-0.4, -0.2) is 47.1 Å². The first-order valence-corrected chi connectivity index (χ1v) is 11.3. The minimum Gasteiger partial charge on any atom is -0.444 e. The predicted octanol–water partition coefficient (Wildman–Crippen LogP) is 4.71. The lowest BCUT2D eigenvalue weighted by atomic mass is 9.95. The van der Waals surface area contributed by atoms with Crippen molar-refractivity contribution in [1.82, 2.24) is 15.2 Å². The number of hydrogen-bond acceptors (Lipinski definition) is 5. The molecule has 1 fully saturated rings. The van der Waals surface area contributed by atoms with Crippen LogP contribution in [0.4, 0.5) is 13.6 Å². The summed E-state index contributed by atoms with van der Waals surface area (Å²) in [6.07, 6.45) is 4.22. The molecule has 7 nitrogen and oxygen atoms in total. The Kier molecular flexibility index (Phi) is 8.05. The van der Waals surface area contributed by atoms with Crippen molar-refractivity contribution in [1.29, 1.82) is 0 Å². The van der Waals surface area contributed by atoms with Gasteiger partial charge in [0.05, 0.1) is 11.8 Å². The third-order valence-corrected chi connectivity index (χ3v) is 5.36. The maximum absolute atomic E-state index is 13.9. The van der Waals surface area contributed by atoms with Gasteiger partial charge in [-0.25, -0.2) is 18.6 Å². The van der Waals surface area contributed by atoms with Crippen LogP contribution in [0.5, 0.6) is 0 Å². The van der Waals surface area contributed by atoms with Crippen LogP contribution >= 0.6 is 0 Å². The highest BCUT2D eigenvalue weighted by atomic mass is 19.1. The van der Waals surface area contributed by atoms with E-state index in [9.17, 15) is 18.4 Å². The molecule has 3 rings (SSSR count). The van der Waals surface area contributed by atoms with Gasteiger partial charge in [-0.2, -0.15) is 0 Å². The molecular weight excluding hydrogens is 432 g/mol. The number of amides is 2. The van der Waals surface area contributed by atoms with E-state index in [1.54, 1.807) is 4.90 Å². The van der Waals surface area contributed by atoms with Gasteiger partial charge in [-0.15, -0.1) is 0 Å². The highest BCUT2D eigenvalue weighted by Crippen LogP contribution is 2.25. The van der Waals surface area contributed by atoms with Gasteiger partial charge in [0, 0.05) is 38.5 Å². The number of ether oxygens (including phenoxy) is 1. The molecule has 1 N–H and O–H groups in total. The van der Waals surface area contributed by atoms with E-state index in [2.05, 4.69) is 10.3 Å². The third-order valence-electron chi connectivity index (χ3n) is 5.36. The summed E-state index contributed by atoms with van der Waals surface area (Å²) in [5, 5.41) is 2.89. The molecule has 1 aromatic carbocycles. The smallest absolute Gasteiger partial charge is 0.410 e. The van der Waals surface area contributed by atoms with Crippen LogP contribution in [0.1, 0.15) is 52.3 Å². The number of aryl methyl sites for hydroxylation is 1. The Morgan fingerprint density at radius 2 is 2.09 bits per heavy atom. The van der Waals surface area contributed by atoms with Gasteiger partial charge in [0.15, 0.2) is 11.7 Å². The van der Waals surface area contributed by atoms with Crippen LogP contribution in [0, 0.1) is 17.6 Å². The number of benzene rings is 1. The zero-order valence-electron chi connectivity index (χ0n) is 19.3. The van der Waals surface area contributed by atoms with Crippen molar-refractivity contribution >= 4 is 12.0 Å². The van der Waals surface area contributed by atoms with E-state index >= 15 is 0 Å². The number of aromatic nitrogens is 1. The average molecular weight is 464 g/mol. The second-order valence-electron chi connectivity index (χ2n) is 9.32. The molecule has 0 bridgehead atoms. The van der Waals surface area contributed by atoms with Crippen LogP contribution in [0.15, 0.2) is 28.8 Å². The molecule has 2 aromatic rings. The summed E-state index contributed by atoms with van der Waals surface area (Å²) in [5.41, 5.74) is -0.401. The molecule has 9 heteroatoms. The van der Waals surface area contributed by atoms with Crippen molar-refractivity contribution in [2.75, 3.05) is 19.6 Å².